The standard InChI is InChI=1S/C13H15BrCl3NO2S/c14-10-4-11(16)13(12(17)5-10)21(19,20)18-7-9-3-1-2-8(9)6-15/h4-5,8-9,18H,1-3,6-7H2. The number of nitrogens with one attached hydrogen (secondary N) is 1. The molecular weight excluding hydrogens is 420 g/mol. The fourth-order valence-electron chi connectivity index (χ4n) is 2.66. The van der Waals surface area contributed by atoms with Crippen molar-refractivity contribution in [2.24, 2.45) is 11.8 Å². The van der Waals surface area contributed by atoms with Crippen LogP contribution in [0.15, 0.2) is 21.5 Å². The first-order chi connectivity index (χ1) is 9.85. The van der Waals surface area contributed by atoms with Gasteiger partial charge in [-0.25, -0.2) is 13.1 Å². The van der Waals surface area contributed by atoms with Crippen LogP contribution in [0.4, 0.5) is 0 Å². The van der Waals surface area contributed by atoms with Crippen LogP contribution in [0, 0.1) is 11.8 Å². The van der Waals surface area contributed by atoms with E-state index in [1.165, 1.54) is 12.1 Å². The second-order valence-corrected chi connectivity index (χ2v) is 8.90. The van der Waals surface area contributed by atoms with E-state index >= 15 is 0 Å². The van der Waals surface area contributed by atoms with Crippen molar-refractivity contribution >= 4 is 60.8 Å². The second kappa shape index (κ2) is 7.37. The lowest BCUT2D eigenvalue weighted by atomic mass is 9.98. The molecule has 0 radical (unpaired) electrons. The van der Waals surface area contributed by atoms with Crippen molar-refractivity contribution in [2.45, 2.75) is 24.2 Å². The van der Waals surface area contributed by atoms with E-state index in [4.69, 9.17) is 34.8 Å². The number of halogens is 4. The minimum Gasteiger partial charge on any atom is -0.211 e. The smallest absolute Gasteiger partial charge is 0.211 e. The van der Waals surface area contributed by atoms with Gasteiger partial charge in [0.25, 0.3) is 0 Å². The zero-order chi connectivity index (χ0) is 15.6. The molecule has 0 spiro atoms. The third-order valence-corrected chi connectivity index (χ3v) is 6.98. The summed E-state index contributed by atoms with van der Waals surface area (Å²) in [6, 6.07) is 3.03. The molecule has 0 aliphatic heterocycles. The van der Waals surface area contributed by atoms with Crippen molar-refractivity contribution in [3.05, 3.63) is 26.7 Å². The number of sulfonamides is 1. The molecule has 21 heavy (non-hydrogen) atoms. The lowest BCUT2D eigenvalue weighted by Gasteiger charge is -2.18. The molecule has 118 valence electrons. The summed E-state index contributed by atoms with van der Waals surface area (Å²) in [6.45, 7) is 0.364. The first-order valence-corrected chi connectivity index (χ1v) is 10.1. The molecule has 1 saturated carbocycles. The summed E-state index contributed by atoms with van der Waals surface area (Å²) < 4.78 is 28.1. The van der Waals surface area contributed by atoms with Gasteiger partial charge in [0, 0.05) is 16.9 Å². The third kappa shape index (κ3) is 4.27. The molecule has 1 fully saturated rings. The van der Waals surface area contributed by atoms with Gasteiger partial charge in [0.15, 0.2) is 0 Å². The van der Waals surface area contributed by atoms with Crippen molar-refractivity contribution in [3.8, 4) is 0 Å². The van der Waals surface area contributed by atoms with Crippen molar-refractivity contribution in [1.82, 2.24) is 4.72 Å². The van der Waals surface area contributed by atoms with Gasteiger partial charge in [0.2, 0.25) is 10.0 Å². The SMILES string of the molecule is O=S(=O)(NCC1CCCC1CCl)c1c(Cl)cc(Br)cc1Cl. The molecule has 1 aromatic carbocycles. The van der Waals surface area contributed by atoms with Gasteiger partial charge in [0.1, 0.15) is 4.90 Å². The lowest BCUT2D eigenvalue weighted by Crippen LogP contribution is -2.31. The Bertz CT molecular complexity index is 601. The van der Waals surface area contributed by atoms with Gasteiger partial charge >= 0.3 is 0 Å². The molecule has 0 amide bonds. The largest absolute Gasteiger partial charge is 0.243 e. The van der Waals surface area contributed by atoms with E-state index < -0.39 is 10.0 Å². The molecule has 8 heteroatoms. The van der Waals surface area contributed by atoms with Gasteiger partial charge < -0.3 is 0 Å². The molecule has 1 aromatic rings. The minimum absolute atomic E-state index is 0.0746. The molecule has 2 unspecified atom stereocenters. The summed E-state index contributed by atoms with van der Waals surface area (Å²) >= 11 is 21.2. The molecule has 2 atom stereocenters. The van der Waals surface area contributed by atoms with E-state index in [-0.39, 0.29) is 20.9 Å². The highest BCUT2D eigenvalue weighted by Crippen LogP contribution is 2.34. The van der Waals surface area contributed by atoms with Gasteiger partial charge in [0.05, 0.1) is 10.0 Å². The van der Waals surface area contributed by atoms with E-state index in [1.54, 1.807) is 0 Å². The molecule has 1 aliphatic carbocycles. The number of alkyl halides is 1. The predicted octanol–water partition coefficient (Wildman–Crippen LogP) is 4.69. The third-order valence-electron chi connectivity index (χ3n) is 3.78. The summed E-state index contributed by atoms with van der Waals surface area (Å²) in [5.41, 5.74) is 0. The van der Waals surface area contributed by atoms with E-state index in [2.05, 4.69) is 20.7 Å². The highest BCUT2D eigenvalue weighted by atomic mass is 79.9. The Labute approximate surface area is 148 Å². The zero-order valence-electron chi connectivity index (χ0n) is 11.1. The van der Waals surface area contributed by atoms with Crippen molar-refractivity contribution in [1.29, 1.82) is 0 Å². The molecule has 1 N–H and O–H groups in total. The molecule has 2 rings (SSSR count). The van der Waals surface area contributed by atoms with E-state index in [1.807, 2.05) is 0 Å². The highest BCUT2D eigenvalue weighted by Gasteiger charge is 2.29. The molecule has 0 saturated heterocycles. The van der Waals surface area contributed by atoms with Gasteiger partial charge in [-0.05, 0) is 36.8 Å². The van der Waals surface area contributed by atoms with Gasteiger partial charge in [-0.15, -0.1) is 11.6 Å². The van der Waals surface area contributed by atoms with Crippen LogP contribution < -0.4 is 4.72 Å². The molecule has 0 bridgehead atoms. The van der Waals surface area contributed by atoms with Crippen LogP contribution in [0.25, 0.3) is 0 Å². The minimum atomic E-state index is -3.74. The van der Waals surface area contributed by atoms with Crippen LogP contribution in [-0.2, 0) is 10.0 Å². The Hall–Kier alpha value is 0.480. The van der Waals surface area contributed by atoms with Crippen LogP contribution in [-0.4, -0.2) is 20.8 Å². The van der Waals surface area contributed by atoms with E-state index in [9.17, 15) is 8.42 Å². The van der Waals surface area contributed by atoms with Crippen molar-refractivity contribution < 1.29 is 8.42 Å². The van der Waals surface area contributed by atoms with Crippen molar-refractivity contribution in [3.63, 3.8) is 0 Å². The highest BCUT2D eigenvalue weighted by molar-refractivity contribution is 9.10. The maximum atomic E-state index is 12.4. The topological polar surface area (TPSA) is 46.2 Å². The van der Waals surface area contributed by atoms with Crippen LogP contribution >= 0.6 is 50.7 Å². The molecule has 0 heterocycles. The quantitative estimate of drug-likeness (QED) is 0.682. The Balaban J connectivity index is 2.16. The van der Waals surface area contributed by atoms with Gasteiger partial charge in [-0.2, -0.15) is 0 Å². The summed E-state index contributed by atoms with van der Waals surface area (Å²) in [6.07, 6.45) is 3.13. The summed E-state index contributed by atoms with van der Waals surface area (Å²) in [7, 11) is -3.74. The number of benzene rings is 1. The first kappa shape index (κ1) is 17.8. The van der Waals surface area contributed by atoms with Crippen LogP contribution in [0.5, 0.6) is 0 Å². The first-order valence-electron chi connectivity index (χ1n) is 6.55. The zero-order valence-corrected chi connectivity index (χ0v) is 15.8. The Kier molecular flexibility index (Phi) is 6.25. The Morgan fingerprint density at radius 1 is 1.19 bits per heavy atom. The number of hydrogen-bond donors (Lipinski definition) is 1. The maximum absolute atomic E-state index is 12.4. The average molecular weight is 436 g/mol. The predicted molar refractivity (Wildman–Crippen MR) is 90.9 cm³/mol. The summed E-state index contributed by atoms with van der Waals surface area (Å²) in [5.74, 6) is 1.20. The van der Waals surface area contributed by atoms with E-state index in [0.29, 0.717) is 22.8 Å². The molecule has 1 aliphatic rings. The summed E-state index contributed by atoms with van der Waals surface area (Å²) in [5, 5.41) is 0.199. The maximum Gasteiger partial charge on any atom is 0.243 e. The Morgan fingerprint density at radius 3 is 2.33 bits per heavy atom. The monoisotopic (exact) mass is 433 g/mol. The Morgan fingerprint density at radius 2 is 1.76 bits per heavy atom. The number of hydrogen-bond acceptors (Lipinski definition) is 2. The molecule has 0 aromatic heterocycles. The molecule has 3 nitrogen and oxygen atoms in total. The fraction of sp³-hybridized carbons (Fsp3) is 0.538. The van der Waals surface area contributed by atoms with Crippen molar-refractivity contribution in [2.75, 3.05) is 12.4 Å². The molecular formula is C13H15BrCl3NO2S. The van der Waals surface area contributed by atoms with Crippen LogP contribution in [0.3, 0.4) is 0 Å². The van der Waals surface area contributed by atoms with Crippen LogP contribution in [0.1, 0.15) is 19.3 Å². The van der Waals surface area contributed by atoms with E-state index in [0.717, 1.165) is 19.3 Å². The second-order valence-electron chi connectivity index (χ2n) is 5.16. The lowest BCUT2D eigenvalue weighted by molar-refractivity contribution is 0.418. The fourth-order valence-corrected chi connectivity index (χ4v) is 6.09. The van der Waals surface area contributed by atoms with Gasteiger partial charge in [-0.1, -0.05) is 45.6 Å². The summed E-state index contributed by atoms with van der Waals surface area (Å²) in [4.78, 5) is -0.0746. The van der Waals surface area contributed by atoms with Gasteiger partial charge in [-0.3, -0.25) is 0 Å². The average Bonchev–Trinajstić information content (AvgIpc) is 2.82. The van der Waals surface area contributed by atoms with Crippen LogP contribution in [0.2, 0.25) is 10.0 Å². The normalized spacial score (nSPS) is 22.7. The number of rotatable bonds is 5.